The molecule has 0 aliphatic carbocycles. The third-order valence-electron chi connectivity index (χ3n) is 4.06. The number of pyridine rings is 1. The number of benzene rings is 2. The van der Waals surface area contributed by atoms with Gasteiger partial charge in [0.2, 0.25) is 10.0 Å². The number of halogens is 1. The lowest BCUT2D eigenvalue weighted by Crippen LogP contribution is -2.39. The fourth-order valence-corrected chi connectivity index (χ4v) is 4.26. The third-order valence-corrected chi connectivity index (χ3v) is 6.39. The van der Waals surface area contributed by atoms with Gasteiger partial charge < -0.3 is 0 Å². The van der Waals surface area contributed by atoms with E-state index in [0.717, 1.165) is 14.3 Å². The van der Waals surface area contributed by atoms with Gasteiger partial charge in [0.25, 0.3) is 5.91 Å². The summed E-state index contributed by atoms with van der Waals surface area (Å²) in [7, 11) is -3.88. The molecule has 3 aromatic rings. The number of aromatic nitrogens is 1. The average molecular weight is 487 g/mol. The smallest absolute Gasteiger partial charge is 0.255 e. The first-order valence-corrected chi connectivity index (χ1v) is 11.2. The first-order chi connectivity index (χ1) is 14.4. The van der Waals surface area contributed by atoms with Gasteiger partial charge >= 0.3 is 0 Å². The van der Waals surface area contributed by atoms with Crippen molar-refractivity contribution in [3.63, 3.8) is 0 Å². The quantitative estimate of drug-likeness (QED) is 0.390. The van der Waals surface area contributed by atoms with Crippen molar-refractivity contribution in [2.45, 2.75) is 11.4 Å². The molecule has 0 saturated carbocycles. The molecule has 1 aromatic heterocycles. The Hall–Kier alpha value is -2.88. The topological polar surface area (TPSA) is 91.7 Å². The summed E-state index contributed by atoms with van der Waals surface area (Å²) >= 11 is 3.36. The van der Waals surface area contributed by atoms with Crippen LogP contribution in [0.3, 0.4) is 0 Å². The van der Waals surface area contributed by atoms with Crippen molar-refractivity contribution >= 4 is 38.1 Å². The molecule has 0 aliphatic heterocycles. The predicted octanol–water partition coefficient (Wildman–Crippen LogP) is 3.19. The van der Waals surface area contributed by atoms with Crippen LogP contribution >= 0.6 is 15.9 Å². The number of nitrogens with one attached hydrogen (secondary N) is 1. The molecule has 0 fully saturated rings. The third kappa shape index (κ3) is 6.06. The van der Waals surface area contributed by atoms with Gasteiger partial charge in [-0.2, -0.15) is 9.41 Å². The normalized spacial score (nSPS) is 11.7. The Labute approximate surface area is 183 Å². The Morgan fingerprint density at radius 1 is 1.07 bits per heavy atom. The van der Waals surface area contributed by atoms with Crippen molar-refractivity contribution in [2.75, 3.05) is 6.54 Å². The summed E-state index contributed by atoms with van der Waals surface area (Å²) in [5, 5.41) is 3.88. The summed E-state index contributed by atoms with van der Waals surface area (Å²) in [4.78, 5) is 16.5. The van der Waals surface area contributed by atoms with Crippen LogP contribution in [0.5, 0.6) is 0 Å². The first kappa shape index (κ1) is 21.8. The van der Waals surface area contributed by atoms with E-state index in [2.05, 4.69) is 31.4 Å². The van der Waals surface area contributed by atoms with E-state index in [1.165, 1.54) is 18.3 Å². The molecular weight excluding hydrogens is 468 g/mol. The molecule has 1 amide bonds. The Bertz CT molecular complexity index is 1110. The Morgan fingerprint density at radius 3 is 2.47 bits per heavy atom. The molecule has 154 valence electrons. The van der Waals surface area contributed by atoms with Crippen LogP contribution < -0.4 is 5.43 Å². The van der Waals surface area contributed by atoms with Gasteiger partial charge in [-0.05, 0) is 35.9 Å². The summed E-state index contributed by atoms with van der Waals surface area (Å²) in [6.45, 7) is -0.331. The van der Waals surface area contributed by atoms with E-state index in [9.17, 15) is 13.2 Å². The molecule has 2 aromatic carbocycles. The zero-order valence-electron chi connectivity index (χ0n) is 15.8. The lowest BCUT2D eigenvalue weighted by Gasteiger charge is -2.21. The Balaban J connectivity index is 1.77. The van der Waals surface area contributed by atoms with Crippen LogP contribution in [0.25, 0.3) is 0 Å². The van der Waals surface area contributed by atoms with Crippen LogP contribution in [-0.2, 0) is 21.4 Å². The fourth-order valence-electron chi connectivity index (χ4n) is 2.59. The van der Waals surface area contributed by atoms with Crippen LogP contribution in [0, 0.1) is 0 Å². The molecule has 0 bridgehead atoms. The molecule has 3 rings (SSSR count). The average Bonchev–Trinajstić information content (AvgIpc) is 2.76. The second kappa shape index (κ2) is 10.2. The Morgan fingerprint density at radius 2 is 1.80 bits per heavy atom. The molecule has 1 heterocycles. The van der Waals surface area contributed by atoms with E-state index in [4.69, 9.17) is 0 Å². The molecule has 0 radical (unpaired) electrons. The number of hydrogen-bond acceptors (Lipinski definition) is 5. The van der Waals surface area contributed by atoms with Crippen LogP contribution in [-0.4, -0.2) is 36.4 Å². The second-order valence-corrected chi connectivity index (χ2v) is 9.15. The molecule has 0 saturated heterocycles. The van der Waals surface area contributed by atoms with E-state index >= 15 is 0 Å². The predicted molar refractivity (Wildman–Crippen MR) is 118 cm³/mol. The van der Waals surface area contributed by atoms with Gasteiger partial charge in [0.1, 0.15) is 0 Å². The monoisotopic (exact) mass is 486 g/mol. The zero-order valence-corrected chi connectivity index (χ0v) is 18.3. The van der Waals surface area contributed by atoms with Gasteiger partial charge in [-0.15, -0.1) is 0 Å². The highest BCUT2D eigenvalue weighted by atomic mass is 79.9. The number of hydrazone groups is 1. The molecule has 0 unspecified atom stereocenters. The van der Waals surface area contributed by atoms with E-state index in [1.807, 2.05) is 12.1 Å². The van der Waals surface area contributed by atoms with E-state index in [1.54, 1.807) is 54.9 Å². The number of carbonyl (C=O) groups is 1. The standard InChI is InChI=1S/C21H19BrN4O3S/c22-19-10-8-17(9-11-19)15-26(30(28,29)20-6-2-1-3-7-20)16-21(27)25-24-14-18-5-4-12-23-13-18/h1-14H,15-16H2,(H,25,27)/b24-14-. The summed E-state index contributed by atoms with van der Waals surface area (Å²) < 4.78 is 28.3. The van der Waals surface area contributed by atoms with Gasteiger partial charge in [0, 0.05) is 29.0 Å². The minimum atomic E-state index is -3.88. The number of rotatable bonds is 8. The van der Waals surface area contributed by atoms with Crippen molar-refractivity contribution in [1.29, 1.82) is 0 Å². The first-order valence-electron chi connectivity index (χ1n) is 8.97. The minimum absolute atomic E-state index is 0.0459. The maximum Gasteiger partial charge on any atom is 0.255 e. The highest BCUT2D eigenvalue weighted by Crippen LogP contribution is 2.19. The van der Waals surface area contributed by atoms with Gasteiger partial charge in [0.05, 0.1) is 17.7 Å². The Kier molecular flexibility index (Phi) is 7.45. The van der Waals surface area contributed by atoms with Gasteiger partial charge in [-0.1, -0.05) is 52.3 Å². The molecule has 0 atom stereocenters. The van der Waals surface area contributed by atoms with E-state index in [0.29, 0.717) is 5.56 Å². The highest BCUT2D eigenvalue weighted by Gasteiger charge is 2.26. The van der Waals surface area contributed by atoms with Crippen molar-refractivity contribution < 1.29 is 13.2 Å². The molecule has 9 heteroatoms. The maximum atomic E-state index is 13.1. The van der Waals surface area contributed by atoms with Crippen LogP contribution in [0.15, 0.2) is 93.6 Å². The molecule has 0 spiro atoms. The second-order valence-electron chi connectivity index (χ2n) is 6.29. The van der Waals surface area contributed by atoms with Gasteiger partial charge in [0.15, 0.2) is 0 Å². The zero-order chi connectivity index (χ0) is 21.4. The lowest BCUT2D eigenvalue weighted by molar-refractivity contribution is -0.121. The minimum Gasteiger partial charge on any atom is -0.272 e. The summed E-state index contributed by atoms with van der Waals surface area (Å²) in [5.41, 5.74) is 3.83. The van der Waals surface area contributed by atoms with Gasteiger partial charge in [-0.3, -0.25) is 9.78 Å². The van der Waals surface area contributed by atoms with E-state index < -0.39 is 15.9 Å². The number of hydrogen-bond donors (Lipinski definition) is 1. The summed E-state index contributed by atoms with van der Waals surface area (Å²) in [6, 6.07) is 18.8. The number of amides is 1. The summed E-state index contributed by atoms with van der Waals surface area (Å²) in [6.07, 6.45) is 4.66. The molecular formula is C21H19BrN4O3S. The van der Waals surface area contributed by atoms with Crippen molar-refractivity contribution in [3.05, 3.63) is 94.7 Å². The van der Waals surface area contributed by atoms with Crippen LogP contribution in [0.1, 0.15) is 11.1 Å². The SMILES string of the molecule is O=C(CN(Cc1ccc(Br)cc1)S(=O)(=O)c1ccccc1)N/N=C\c1cccnc1. The van der Waals surface area contributed by atoms with Crippen molar-refractivity contribution in [3.8, 4) is 0 Å². The van der Waals surface area contributed by atoms with Crippen molar-refractivity contribution in [2.24, 2.45) is 5.10 Å². The highest BCUT2D eigenvalue weighted by molar-refractivity contribution is 9.10. The molecule has 0 aliphatic rings. The number of sulfonamides is 1. The maximum absolute atomic E-state index is 13.1. The molecule has 7 nitrogen and oxygen atoms in total. The van der Waals surface area contributed by atoms with Crippen LogP contribution in [0.4, 0.5) is 0 Å². The van der Waals surface area contributed by atoms with Gasteiger partial charge in [-0.25, -0.2) is 13.8 Å². The number of nitrogens with zero attached hydrogens (tertiary/aromatic N) is 3. The molecule has 30 heavy (non-hydrogen) atoms. The molecule has 1 N–H and O–H groups in total. The van der Waals surface area contributed by atoms with Crippen molar-refractivity contribution in [1.82, 2.24) is 14.7 Å². The van der Waals surface area contributed by atoms with Crippen LogP contribution in [0.2, 0.25) is 0 Å². The lowest BCUT2D eigenvalue weighted by atomic mass is 10.2. The summed E-state index contributed by atoms with van der Waals surface area (Å²) in [5.74, 6) is -0.549. The largest absolute Gasteiger partial charge is 0.272 e. The number of carbonyl (C=O) groups excluding carboxylic acids is 1. The fraction of sp³-hybridized carbons (Fsp3) is 0.0952. The van der Waals surface area contributed by atoms with E-state index in [-0.39, 0.29) is 18.0 Å².